The lowest BCUT2D eigenvalue weighted by Gasteiger charge is -2.20. The molecule has 1 fully saturated rings. The molecule has 1 unspecified atom stereocenters. The third kappa shape index (κ3) is 6.05. The van der Waals surface area contributed by atoms with Crippen LogP contribution in [0.15, 0.2) is 60.7 Å². The molecule has 1 atom stereocenters. The van der Waals surface area contributed by atoms with Crippen LogP contribution in [0.25, 0.3) is 11.1 Å². The molecule has 38 heavy (non-hydrogen) atoms. The molecule has 4 rings (SSSR count). The average molecular weight is 551 g/mol. The van der Waals surface area contributed by atoms with Gasteiger partial charge in [-0.15, -0.1) is 13.2 Å². The Morgan fingerprint density at radius 1 is 0.974 bits per heavy atom. The van der Waals surface area contributed by atoms with Crippen molar-refractivity contribution < 1.29 is 36.3 Å². The van der Waals surface area contributed by atoms with E-state index in [0.717, 1.165) is 22.3 Å². The standard InChI is InChI=1S/C26H23F5N3O3P/c1-38(2)21-6-4-3-5-17(21)18-11-12-20(23(28)22(18)27)34-14-13-19(24(34)35)33-25(36)32-15-7-9-16(10-8-15)37-26(29,30)31/h3-12,19H,13-14H2,1-2H3,(H2,32,33,36). The van der Waals surface area contributed by atoms with E-state index in [9.17, 15) is 22.8 Å². The van der Waals surface area contributed by atoms with E-state index in [4.69, 9.17) is 0 Å². The number of rotatable bonds is 6. The number of urea groups is 1. The summed E-state index contributed by atoms with van der Waals surface area (Å²) in [5, 5.41) is 5.78. The normalized spacial score (nSPS) is 15.6. The Morgan fingerprint density at radius 3 is 2.32 bits per heavy atom. The van der Waals surface area contributed by atoms with Crippen molar-refractivity contribution in [1.82, 2.24) is 5.32 Å². The number of hydrogen-bond donors (Lipinski definition) is 2. The maximum absolute atomic E-state index is 15.2. The first-order chi connectivity index (χ1) is 17.9. The average Bonchev–Trinajstić information content (AvgIpc) is 3.20. The highest BCUT2D eigenvalue weighted by Crippen LogP contribution is 2.36. The lowest BCUT2D eigenvalue weighted by Crippen LogP contribution is -2.43. The van der Waals surface area contributed by atoms with Crippen LogP contribution in [0.1, 0.15) is 6.42 Å². The number of amides is 3. The van der Waals surface area contributed by atoms with Crippen LogP contribution < -0.4 is 25.6 Å². The monoisotopic (exact) mass is 551 g/mol. The van der Waals surface area contributed by atoms with E-state index in [2.05, 4.69) is 15.4 Å². The zero-order valence-electron chi connectivity index (χ0n) is 20.3. The van der Waals surface area contributed by atoms with Gasteiger partial charge in [-0.2, -0.15) is 0 Å². The zero-order chi connectivity index (χ0) is 27.6. The number of benzene rings is 3. The van der Waals surface area contributed by atoms with Crippen LogP contribution >= 0.6 is 7.92 Å². The van der Waals surface area contributed by atoms with E-state index < -0.39 is 49.6 Å². The van der Waals surface area contributed by atoms with Crippen LogP contribution in [0.3, 0.4) is 0 Å². The lowest BCUT2D eigenvalue weighted by atomic mass is 10.0. The molecular weight excluding hydrogens is 528 g/mol. The van der Waals surface area contributed by atoms with E-state index in [1.54, 1.807) is 12.1 Å². The van der Waals surface area contributed by atoms with E-state index in [1.807, 2.05) is 25.5 Å². The number of halogens is 5. The molecule has 6 nitrogen and oxygen atoms in total. The third-order valence-corrected chi connectivity index (χ3v) is 7.24. The topological polar surface area (TPSA) is 70.7 Å². The summed E-state index contributed by atoms with van der Waals surface area (Å²) in [6.07, 6.45) is -4.70. The van der Waals surface area contributed by atoms with Crippen molar-refractivity contribution >= 4 is 36.5 Å². The fraction of sp³-hybridized carbons (Fsp3) is 0.231. The number of hydrogen-bond acceptors (Lipinski definition) is 3. The van der Waals surface area contributed by atoms with Gasteiger partial charge in [-0.05, 0) is 67.0 Å². The minimum Gasteiger partial charge on any atom is -0.406 e. The van der Waals surface area contributed by atoms with E-state index in [0.29, 0.717) is 5.56 Å². The number of anilines is 2. The molecule has 12 heteroatoms. The van der Waals surface area contributed by atoms with Crippen molar-refractivity contribution in [2.75, 3.05) is 30.1 Å². The van der Waals surface area contributed by atoms with Crippen molar-refractivity contribution in [1.29, 1.82) is 0 Å². The Balaban J connectivity index is 1.44. The second-order valence-electron chi connectivity index (χ2n) is 8.67. The Bertz CT molecular complexity index is 1350. The summed E-state index contributed by atoms with van der Waals surface area (Å²) in [6, 6.07) is 12.6. The molecule has 3 aromatic rings. The van der Waals surface area contributed by atoms with Crippen LogP contribution in [-0.2, 0) is 4.79 Å². The smallest absolute Gasteiger partial charge is 0.406 e. The van der Waals surface area contributed by atoms with E-state index in [-0.39, 0.29) is 29.9 Å². The highest BCUT2D eigenvalue weighted by atomic mass is 31.1. The second-order valence-corrected chi connectivity index (χ2v) is 10.9. The Labute approximate surface area is 216 Å². The number of ether oxygens (including phenoxy) is 1. The van der Waals surface area contributed by atoms with Crippen LogP contribution in [0, 0.1) is 11.6 Å². The molecule has 1 aliphatic heterocycles. The Hall–Kier alpha value is -3.72. The van der Waals surface area contributed by atoms with Crippen LogP contribution in [0.4, 0.5) is 38.1 Å². The maximum Gasteiger partial charge on any atom is 0.573 e. The van der Waals surface area contributed by atoms with Gasteiger partial charge in [-0.1, -0.05) is 32.2 Å². The molecular formula is C26H23F5N3O3P. The molecule has 1 saturated heterocycles. The lowest BCUT2D eigenvalue weighted by molar-refractivity contribution is -0.274. The molecule has 0 saturated carbocycles. The second kappa shape index (κ2) is 10.9. The molecule has 0 aromatic heterocycles. The van der Waals surface area contributed by atoms with Gasteiger partial charge < -0.3 is 20.3 Å². The Morgan fingerprint density at radius 2 is 1.66 bits per heavy atom. The summed E-state index contributed by atoms with van der Waals surface area (Å²) in [7, 11) is -0.577. The molecule has 1 heterocycles. The van der Waals surface area contributed by atoms with Gasteiger partial charge in [0.05, 0.1) is 5.69 Å². The molecule has 1 aliphatic rings. The molecule has 200 valence electrons. The number of carbonyl (C=O) groups excluding carboxylic acids is 2. The van der Waals surface area contributed by atoms with E-state index in [1.165, 1.54) is 24.3 Å². The largest absolute Gasteiger partial charge is 0.573 e. The summed E-state index contributed by atoms with van der Waals surface area (Å²) in [4.78, 5) is 26.3. The molecule has 2 N–H and O–H groups in total. The first-order valence-corrected chi connectivity index (χ1v) is 13.7. The molecule has 0 radical (unpaired) electrons. The molecule has 0 aliphatic carbocycles. The van der Waals surface area contributed by atoms with Gasteiger partial charge in [0.15, 0.2) is 11.6 Å². The fourth-order valence-corrected chi connectivity index (χ4v) is 5.23. The molecule has 0 spiro atoms. The van der Waals surface area contributed by atoms with Crippen LogP contribution in [-0.4, -0.2) is 44.2 Å². The highest BCUT2D eigenvalue weighted by Gasteiger charge is 2.36. The first kappa shape index (κ1) is 27.3. The van der Waals surface area contributed by atoms with Gasteiger partial charge in [-0.3, -0.25) is 4.79 Å². The van der Waals surface area contributed by atoms with Gasteiger partial charge in [0.25, 0.3) is 0 Å². The summed E-state index contributed by atoms with van der Waals surface area (Å²) in [5.74, 6) is -3.30. The SMILES string of the molecule is CP(C)c1ccccc1-c1ccc(N2CCC(NC(=O)Nc3ccc(OC(F)(F)F)cc3)C2=O)c(F)c1F. The van der Waals surface area contributed by atoms with Crippen LogP contribution in [0.5, 0.6) is 5.75 Å². The van der Waals surface area contributed by atoms with Crippen molar-refractivity contribution in [2.45, 2.75) is 18.8 Å². The summed E-state index contributed by atoms with van der Waals surface area (Å²) in [5.41, 5.74) is 0.624. The van der Waals surface area contributed by atoms with Crippen molar-refractivity contribution in [3.05, 3.63) is 72.3 Å². The number of nitrogens with zero attached hydrogens (tertiary/aromatic N) is 1. The van der Waals surface area contributed by atoms with Crippen molar-refractivity contribution in [2.24, 2.45) is 0 Å². The minimum atomic E-state index is -4.84. The van der Waals surface area contributed by atoms with Gasteiger partial charge in [0.1, 0.15) is 11.8 Å². The van der Waals surface area contributed by atoms with Gasteiger partial charge in [-0.25, -0.2) is 13.6 Å². The molecule has 3 amide bonds. The quantitative estimate of drug-likeness (QED) is 0.300. The van der Waals surface area contributed by atoms with Gasteiger partial charge >= 0.3 is 12.4 Å². The summed E-state index contributed by atoms with van der Waals surface area (Å²) >= 11 is 0. The van der Waals surface area contributed by atoms with Crippen molar-refractivity contribution in [3.8, 4) is 16.9 Å². The minimum absolute atomic E-state index is 0.0504. The summed E-state index contributed by atoms with van der Waals surface area (Å²) in [6.45, 7) is 4.08. The Kier molecular flexibility index (Phi) is 7.87. The zero-order valence-corrected chi connectivity index (χ0v) is 21.2. The predicted octanol–water partition coefficient (Wildman–Crippen LogP) is 5.82. The fourth-order valence-electron chi connectivity index (χ4n) is 4.17. The molecule has 0 bridgehead atoms. The number of nitrogens with one attached hydrogen (secondary N) is 2. The number of alkyl halides is 3. The summed E-state index contributed by atoms with van der Waals surface area (Å²) < 4.78 is 71.0. The van der Waals surface area contributed by atoms with Gasteiger partial charge in [0.2, 0.25) is 5.91 Å². The molecule has 3 aromatic carbocycles. The van der Waals surface area contributed by atoms with Crippen LogP contribution in [0.2, 0.25) is 0 Å². The first-order valence-electron chi connectivity index (χ1n) is 11.4. The third-order valence-electron chi connectivity index (χ3n) is 5.89. The number of carbonyl (C=O) groups is 2. The highest BCUT2D eigenvalue weighted by molar-refractivity contribution is 7.64. The predicted molar refractivity (Wildman–Crippen MR) is 136 cm³/mol. The maximum atomic E-state index is 15.2. The van der Waals surface area contributed by atoms with Crippen molar-refractivity contribution in [3.63, 3.8) is 0 Å². The van der Waals surface area contributed by atoms with Gasteiger partial charge in [0, 0.05) is 17.8 Å². The van der Waals surface area contributed by atoms with E-state index >= 15 is 8.78 Å².